The number of benzene rings is 1. The molecule has 2 fully saturated rings. The summed E-state index contributed by atoms with van der Waals surface area (Å²) in [7, 11) is -3.45. The van der Waals surface area contributed by atoms with Crippen LogP contribution in [0.5, 0.6) is 0 Å². The molecule has 150 valence electrons. The van der Waals surface area contributed by atoms with Crippen molar-refractivity contribution in [2.75, 3.05) is 19.7 Å². The second kappa shape index (κ2) is 9.28. The van der Waals surface area contributed by atoms with E-state index >= 15 is 0 Å². The van der Waals surface area contributed by atoms with Crippen molar-refractivity contribution in [3.63, 3.8) is 0 Å². The van der Waals surface area contributed by atoms with Gasteiger partial charge >= 0.3 is 0 Å². The number of likely N-dealkylation sites (tertiary alicyclic amines) is 1. The maximum Gasteiger partial charge on any atom is 0.243 e. The first kappa shape index (κ1) is 20.5. The van der Waals surface area contributed by atoms with Gasteiger partial charge in [0.15, 0.2) is 0 Å². The van der Waals surface area contributed by atoms with Crippen molar-refractivity contribution in [1.29, 1.82) is 0 Å². The first-order valence-electron chi connectivity index (χ1n) is 9.95. The summed E-state index contributed by atoms with van der Waals surface area (Å²) in [6, 6.07) is 9.37. The van der Waals surface area contributed by atoms with Crippen LogP contribution in [0.4, 0.5) is 0 Å². The third-order valence-corrected chi connectivity index (χ3v) is 7.89. The Bertz CT molecular complexity index is 700. The molecule has 2 aliphatic rings. The van der Waals surface area contributed by atoms with Crippen molar-refractivity contribution in [2.45, 2.75) is 68.0 Å². The molecule has 0 amide bonds. The van der Waals surface area contributed by atoms with Gasteiger partial charge in [0.05, 0.1) is 4.90 Å². The van der Waals surface area contributed by atoms with Gasteiger partial charge in [-0.2, -0.15) is 4.31 Å². The fraction of sp³-hybridized carbons (Fsp3) is 0.650. The Morgan fingerprint density at radius 1 is 1.04 bits per heavy atom. The summed E-state index contributed by atoms with van der Waals surface area (Å²) in [5, 5.41) is 9.44. The fourth-order valence-electron chi connectivity index (χ4n) is 4.70. The molecule has 0 bridgehead atoms. The number of carbonyl (C=O) groups is 1. The van der Waals surface area contributed by atoms with Crippen molar-refractivity contribution >= 4 is 16.3 Å². The van der Waals surface area contributed by atoms with Gasteiger partial charge in [0, 0.05) is 44.2 Å². The topological polar surface area (TPSA) is 77.9 Å². The first-order valence-corrected chi connectivity index (χ1v) is 11.4. The minimum absolute atomic E-state index is 0.149. The molecule has 0 saturated carbocycles. The molecular formula is C20H30N2O4S. The van der Waals surface area contributed by atoms with E-state index in [4.69, 9.17) is 0 Å². The lowest BCUT2D eigenvalue weighted by Gasteiger charge is -2.48. The number of aliphatic hydroxyl groups excluding tert-OH is 1. The smallest absolute Gasteiger partial charge is 0.243 e. The van der Waals surface area contributed by atoms with Gasteiger partial charge in [-0.15, -0.1) is 0 Å². The quantitative estimate of drug-likeness (QED) is 0.716. The van der Waals surface area contributed by atoms with Crippen LogP contribution in [0.25, 0.3) is 0 Å². The molecule has 7 heteroatoms. The second-order valence-electron chi connectivity index (χ2n) is 7.55. The maximum atomic E-state index is 12.8. The Labute approximate surface area is 162 Å². The molecule has 1 aromatic carbocycles. The van der Waals surface area contributed by atoms with E-state index < -0.39 is 10.0 Å². The summed E-state index contributed by atoms with van der Waals surface area (Å²) in [4.78, 5) is 13.9. The van der Waals surface area contributed by atoms with Gasteiger partial charge in [-0.3, -0.25) is 4.90 Å². The van der Waals surface area contributed by atoms with Gasteiger partial charge in [-0.05, 0) is 44.2 Å². The molecule has 0 radical (unpaired) electrons. The molecule has 2 aliphatic heterocycles. The number of rotatable bonds is 7. The highest BCUT2D eigenvalue weighted by atomic mass is 32.2. The lowest BCUT2D eigenvalue weighted by Crippen LogP contribution is -2.56. The summed E-state index contributed by atoms with van der Waals surface area (Å²) in [5.41, 5.74) is 0. The van der Waals surface area contributed by atoms with Crippen LogP contribution in [0.3, 0.4) is 0 Å². The van der Waals surface area contributed by atoms with Gasteiger partial charge in [0.25, 0.3) is 0 Å². The summed E-state index contributed by atoms with van der Waals surface area (Å²) >= 11 is 0. The van der Waals surface area contributed by atoms with Crippen LogP contribution in [0, 0.1) is 0 Å². The molecule has 1 N–H and O–H groups in total. The Morgan fingerprint density at radius 2 is 1.70 bits per heavy atom. The van der Waals surface area contributed by atoms with E-state index in [1.54, 1.807) is 28.6 Å². The molecule has 0 spiro atoms. The average molecular weight is 395 g/mol. The summed E-state index contributed by atoms with van der Waals surface area (Å²) in [6.07, 6.45) is 6.89. The van der Waals surface area contributed by atoms with Crippen molar-refractivity contribution in [1.82, 2.24) is 9.21 Å². The molecule has 2 unspecified atom stereocenters. The molecule has 1 aromatic rings. The number of piperidine rings is 2. The lowest BCUT2D eigenvalue weighted by molar-refractivity contribution is -0.110. The van der Waals surface area contributed by atoms with E-state index in [-0.39, 0.29) is 24.7 Å². The van der Waals surface area contributed by atoms with Crippen LogP contribution >= 0.6 is 0 Å². The Kier molecular flexibility index (Phi) is 7.03. The number of sulfonamides is 1. The van der Waals surface area contributed by atoms with Gasteiger partial charge in [-0.25, -0.2) is 8.42 Å². The zero-order valence-electron chi connectivity index (χ0n) is 15.7. The molecule has 2 heterocycles. The zero-order chi connectivity index (χ0) is 19.3. The number of hydrogen-bond donors (Lipinski definition) is 1. The van der Waals surface area contributed by atoms with Crippen LogP contribution in [0.15, 0.2) is 35.2 Å². The minimum Gasteiger partial charge on any atom is -0.396 e. The SMILES string of the molecule is O=CCC1CCCC(CCO)N1C1CCN(S(=O)(=O)c2ccccc2)CC1. The van der Waals surface area contributed by atoms with E-state index in [9.17, 15) is 18.3 Å². The normalized spacial score (nSPS) is 26.1. The van der Waals surface area contributed by atoms with Crippen LogP contribution in [0.1, 0.15) is 44.9 Å². The molecule has 3 rings (SSSR count). The van der Waals surface area contributed by atoms with E-state index in [1.807, 2.05) is 6.07 Å². The average Bonchev–Trinajstić information content (AvgIpc) is 2.70. The third-order valence-electron chi connectivity index (χ3n) is 5.97. The van der Waals surface area contributed by atoms with Gasteiger partial charge < -0.3 is 9.90 Å². The molecular weight excluding hydrogens is 364 g/mol. The second-order valence-corrected chi connectivity index (χ2v) is 9.49. The summed E-state index contributed by atoms with van der Waals surface area (Å²) < 4.78 is 27.3. The highest BCUT2D eigenvalue weighted by molar-refractivity contribution is 7.89. The van der Waals surface area contributed by atoms with E-state index in [0.717, 1.165) is 44.8 Å². The standard InChI is InChI=1S/C20H30N2O4S/c23-15-11-17-5-4-6-18(12-16-24)22(17)19-9-13-21(14-10-19)27(25,26)20-7-2-1-3-8-20/h1-3,7-8,15,17-19,24H,4-6,9-14,16H2. The highest BCUT2D eigenvalue weighted by Gasteiger charge is 2.38. The number of aliphatic hydroxyl groups is 1. The van der Waals surface area contributed by atoms with Crippen LogP contribution in [-0.4, -0.2) is 66.8 Å². The molecule has 2 atom stereocenters. The summed E-state index contributed by atoms with van der Waals surface area (Å²) in [5.74, 6) is 0. The number of aldehydes is 1. The Balaban J connectivity index is 1.70. The van der Waals surface area contributed by atoms with E-state index in [0.29, 0.717) is 24.4 Å². The monoisotopic (exact) mass is 394 g/mol. The first-order chi connectivity index (χ1) is 13.1. The van der Waals surface area contributed by atoms with Gasteiger partial charge in [0.2, 0.25) is 10.0 Å². The van der Waals surface area contributed by atoms with Crippen molar-refractivity contribution in [3.05, 3.63) is 30.3 Å². The van der Waals surface area contributed by atoms with Crippen molar-refractivity contribution in [2.24, 2.45) is 0 Å². The predicted molar refractivity (Wildman–Crippen MR) is 104 cm³/mol. The Hall–Kier alpha value is -1.28. The zero-order valence-corrected chi connectivity index (χ0v) is 16.6. The third kappa shape index (κ3) is 4.59. The molecule has 27 heavy (non-hydrogen) atoms. The van der Waals surface area contributed by atoms with Crippen LogP contribution in [-0.2, 0) is 14.8 Å². The molecule has 6 nitrogen and oxygen atoms in total. The minimum atomic E-state index is -3.45. The maximum absolute atomic E-state index is 12.8. The highest BCUT2D eigenvalue weighted by Crippen LogP contribution is 2.33. The van der Waals surface area contributed by atoms with E-state index in [2.05, 4.69) is 4.90 Å². The van der Waals surface area contributed by atoms with Crippen molar-refractivity contribution < 1.29 is 18.3 Å². The van der Waals surface area contributed by atoms with Gasteiger partial charge in [0.1, 0.15) is 6.29 Å². The predicted octanol–water partition coefficient (Wildman–Crippen LogP) is 2.03. The summed E-state index contributed by atoms with van der Waals surface area (Å²) in [6.45, 7) is 1.15. The largest absolute Gasteiger partial charge is 0.396 e. The van der Waals surface area contributed by atoms with Crippen LogP contribution < -0.4 is 0 Å². The number of hydrogen-bond acceptors (Lipinski definition) is 5. The van der Waals surface area contributed by atoms with Crippen LogP contribution in [0.2, 0.25) is 0 Å². The lowest BCUT2D eigenvalue weighted by atomic mass is 9.88. The fourth-order valence-corrected chi connectivity index (χ4v) is 6.19. The molecule has 2 saturated heterocycles. The molecule has 0 aliphatic carbocycles. The van der Waals surface area contributed by atoms with E-state index in [1.165, 1.54) is 0 Å². The Morgan fingerprint density at radius 3 is 2.33 bits per heavy atom. The molecule has 0 aromatic heterocycles. The number of carbonyl (C=O) groups excluding carboxylic acids is 1. The number of nitrogens with zero attached hydrogens (tertiary/aromatic N) is 2. The van der Waals surface area contributed by atoms with Crippen molar-refractivity contribution in [3.8, 4) is 0 Å². The van der Waals surface area contributed by atoms with Gasteiger partial charge in [-0.1, -0.05) is 24.6 Å².